The molecule has 36 heteroatoms. The molecule has 17 rings (SSSR count). The topological polar surface area (TPSA) is 549 Å². The number of phenols is 2. The highest BCUT2D eigenvalue weighted by molar-refractivity contribution is 6.32. The summed E-state index contributed by atoms with van der Waals surface area (Å²) in [5.41, 5.74) is 15.4. The number of nitrogens with two attached hydrogens (primary N) is 3. The summed E-state index contributed by atoms with van der Waals surface area (Å²) < 4.78 is 59.1. The van der Waals surface area contributed by atoms with E-state index >= 15 is 28.8 Å². The molecule has 4 saturated carbocycles. The van der Waals surface area contributed by atoms with Crippen LogP contribution in [-0.4, -0.2) is 211 Å². The zero-order chi connectivity index (χ0) is 94.1. The van der Waals surface area contributed by atoms with Gasteiger partial charge < -0.3 is 133 Å². The lowest BCUT2D eigenvalue weighted by Crippen LogP contribution is -2.64. The van der Waals surface area contributed by atoms with Crippen molar-refractivity contribution in [1.29, 1.82) is 0 Å². The lowest BCUT2D eigenvalue weighted by molar-refractivity contribution is -0.333. The molecule has 12 aliphatic rings. The summed E-state index contributed by atoms with van der Waals surface area (Å²) in [5.74, 6) is -14.6. The van der Waals surface area contributed by atoms with Crippen LogP contribution >= 0.6 is 11.6 Å². The Morgan fingerprint density at radius 1 is 0.664 bits per heavy atom. The molecule has 712 valence electrons. The lowest BCUT2D eigenvalue weighted by atomic mass is 9.51. The minimum Gasteiger partial charge on any atom is -0.507 e. The van der Waals surface area contributed by atoms with Gasteiger partial charge in [-0.3, -0.25) is 38.4 Å². The fourth-order valence-corrected chi connectivity index (χ4v) is 21.0. The Labute approximate surface area is 764 Å². The van der Waals surface area contributed by atoms with E-state index in [2.05, 4.69) is 38.8 Å². The average molecular weight is 1840 g/mol. The molecule has 3 saturated heterocycles. The number of phenolic OH excluding ortho intramolecular Hbond substituents is 2. The summed E-state index contributed by atoms with van der Waals surface area (Å²) in [4.78, 5) is 140. The van der Waals surface area contributed by atoms with E-state index in [0.29, 0.717) is 18.3 Å². The number of primary amides is 1. The maximum Gasteiger partial charge on any atom is 0.412 e. The van der Waals surface area contributed by atoms with Crippen LogP contribution in [0.5, 0.6) is 46.0 Å². The molecule has 7 fully saturated rings. The van der Waals surface area contributed by atoms with E-state index in [1.54, 1.807) is 20.8 Å². The maximum atomic E-state index is 17.0. The van der Waals surface area contributed by atoms with Crippen LogP contribution in [0, 0.1) is 41.4 Å². The molecule has 35 nitrogen and oxygen atoms in total. The van der Waals surface area contributed by atoms with Gasteiger partial charge >= 0.3 is 6.09 Å². The third kappa shape index (κ3) is 22.0. The number of hydrogen-bond donors (Lipinski definition) is 17. The van der Waals surface area contributed by atoms with E-state index in [-0.39, 0.29) is 117 Å². The largest absolute Gasteiger partial charge is 0.507 e. The SMILES string of the molecule is CCCCCCCCNC(=O)Oc1cc(O)c2c(c1)[C@@H](C(=O)CC1C3CC4CC(C3)CC1C4)NC(=O)[C@H]1NC(=O)[C@H](CC(=O)C3NC(=O)[C@H](CC(N)=O)CC(=O)[C@H](NC(=O)[C@@H](CC(C)C)NC)[C@H](O)c4ccc(c(Cl)c4)Oc4cc3cc(c4OC3OC(CO)C(O)C(O)C3OC3CC(C)(N)C(O)C(C)O3)Oc3ccc(cc3)[C@H]1OC1CC(C)(N)C(O)C(C)O1)c1ccc(O)c-2c1. The number of fused-ring (bicyclic) bond motifs is 15. The smallest absolute Gasteiger partial charge is 0.412 e. The van der Waals surface area contributed by atoms with E-state index in [0.717, 1.165) is 76.3 Å². The van der Waals surface area contributed by atoms with E-state index < -0.39 is 241 Å². The molecule has 14 unspecified atom stereocenters. The van der Waals surface area contributed by atoms with Gasteiger partial charge in [0, 0.05) is 73.3 Å². The van der Waals surface area contributed by atoms with Crippen LogP contribution in [0.25, 0.3) is 11.1 Å². The number of carbonyl (C=O) groups is 9. The summed E-state index contributed by atoms with van der Waals surface area (Å²) in [6.07, 6.45) is -14.8. The van der Waals surface area contributed by atoms with Crippen LogP contribution in [0.4, 0.5) is 4.79 Å². The van der Waals surface area contributed by atoms with Gasteiger partial charge in [0.1, 0.15) is 83.4 Å². The summed E-state index contributed by atoms with van der Waals surface area (Å²) in [5, 5.41) is 112. The third-order valence-corrected chi connectivity index (χ3v) is 27.9. The maximum absolute atomic E-state index is 17.0. The molecule has 20 N–H and O–H groups in total. The van der Waals surface area contributed by atoms with Crippen LogP contribution in [-0.2, 0) is 62.0 Å². The second-order valence-electron chi connectivity index (χ2n) is 38.2. The van der Waals surface area contributed by atoms with Crippen LogP contribution in [0.15, 0.2) is 84.9 Å². The molecule has 4 aliphatic carbocycles. The number of Topliss-reactive ketones (excluding diaryl/α,β-unsaturated/α-hetero) is 3. The average Bonchev–Trinajstić information content (AvgIpc) is 0.754. The summed E-state index contributed by atoms with van der Waals surface area (Å²) >= 11 is 7.27. The number of ketones is 3. The van der Waals surface area contributed by atoms with Crippen LogP contribution in [0.3, 0.4) is 0 Å². The van der Waals surface area contributed by atoms with Crippen LogP contribution in [0.1, 0.15) is 222 Å². The summed E-state index contributed by atoms with van der Waals surface area (Å²) in [6, 6.07) is 8.93. The normalized spacial score (nSPS) is 33.2. The fourth-order valence-electron chi connectivity index (χ4n) is 20.8. The Hall–Kier alpha value is -9.54. The number of aromatic hydroxyl groups is 2. The summed E-state index contributed by atoms with van der Waals surface area (Å²) in [6.45, 7) is 11.3. The van der Waals surface area contributed by atoms with Gasteiger partial charge in [0.2, 0.25) is 41.6 Å². The highest BCUT2D eigenvalue weighted by Crippen LogP contribution is 2.59. The van der Waals surface area contributed by atoms with Gasteiger partial charge in [-0.05, 0) is 198 Å². The number of amides is 6. The van der Waals surface area contributed by atoms with E-state index in [9.17, 15) is 55.2 Å². The van der Waals surface area contributed by atoms with Crippen molar-refractivity contribution in [3.05, 3.63) is 118 Å². The number of ether oxygens (including phenoxy) is 9. The van der Waals surface area contributed by atoms with Crippen molar-refractivity contribution in [3.8, 4) is 57.1 Å². The molecule has 0 aromatic heterocycles. The zero-order valence-electron chi connectivity index (χ0n) is 74.8. The van der Waals surface area contributed by atoms with Crippen molar-refractivity contribution in [2.75, 3.05) is 20.2 Å². The van der Waals surface area contributed by atoms with Gasteiger partial charge in [-0.2, -0.15) is 0 Å². The van der Waals surface area contributed by atoms with Crippen molar-refractivity contribution in [2.45, 2.75) is 291 Å². The van der Waals surface area contributed by atoms with E-state index in [4.69, 9.17) is 71.4 Å². The minimum absolute atomic E-state index is 0.0627. The van der Waals surface area contributed by atoms with Gasteiger partial charge in [-0.1, -0.05) is 88.7 Å². The second-order valence-corrected chi connectivity index (χ2v) is 38.6. The number of rotatable bonds is 25. The molecular formula is C95H124ClN9O26. The predicted octanol–water partition coefficient (Wildman–Crippen LogP) is 7.36. The zero-order valence-corrected chi connectivity index (χ0v) is 75.5. The first-order chi connectivity index (χ1) is 62.3. The Kier molecular flexibility index (Phi) is 30.6. The molecule has 131 heavy (non-hydrogen) atoms. The van der Waals surface area contributed by atoms with Gasteiger partial charge in [0.25, 0.3) is 0 Å². The Balaban J connectivity index is 0.987. The highest BCUT2D eigenvalue weighted by Gasteiger charge is 2.54. The number of aliphatic hydroxyl groups excluding tert-OH is 6. The number of carbonyl (C=O) groups excluding carboxylic acids is 9. The quantitative estimate of drug-likeness (QED) is 0.0254. The number of unbranched alkanes of at least 4 members (excludes halogenated alkanes) is 5. The first-order valence-corrected chi connectivity index (χ1v) is 46.0. The molecule has 8 aliphatic heterocycles. The summed E-state index contributed by atoms with van der Waals surface area (Å²) in [7, 11) is 1.52. The molecule has 8 heterocycles. The fraction of sp³-hybridized carbons (Fsp3) is 0.589. The van der Waals surface area contributed by atoms with Crippen LogP contribution < -0.4 is 68.0 Å². The van der Waals surface area contributed by atoms with Crippen molar-refractivity contribution in [2.24, 2.45) is 58.6 Å². The number of nitrogens with one attached hydrogen (secondary N) is 6. The molecule has 15 bridgehead atoms. The molecule has 0 spiro atoms. The molecule has 5 aromatic carbocycles. The minimum atomic E-state index is -2.19. The number of halogens is 1. The van der Waals surface area contributed by atoms with Gasteiger partial charge in [-0.25, -0.2) is 4.79 Å². The first kappa shape index (κ1) is 97.5. The van der Waals surface area contributed by atoms with Gasteiger partial charge in [0.15, 0.2) is 47.5 Å². The number of benzene rings is 5. The van der Waals surface area contributed by atoms with Crippen LogP contribution in [0.2, 0.25) is 5.02 Å². The Bertz CT molecular complexity index is 5010. The van der Waals surface area contributed by atoms with Gasteiger partial charge in [-0.15, -0.1) is 0 Å². The van der Waals surface area contributed by atoms with Crippen molar-refractivity contribution >= 4 is 64.6 Å². The van der Waals surface area contributed by atoms with Crippen molar-refractivity contribution < 1.29 is 127 Å². The second kappa shape index (κ2) is 41.1. The number of aliphatic hydroxyl groups is 6. The highest BCUT2D eigenvalue weighted by atomic mass is 35.5. The monoisotopic (exact) mass is 1840 g/mol. The molecular weight excluding hydrogens is 1720 g/mol. The number of likely N-dealkylation sites (N-methyl/N-ethyl adjacent to an activating group) is 1. The Morgan fingerprint density at radius 3 is 1.92 bits per heavy atom. The van der Waals surface area contributed by atoms with Crippen molar-refractivity contribution in [1.82, 2.24) is 31.9 Å². The first-order valence-electron chi connectivity index (χ1n) is 45.6. The van der Waals surface area contributed by atoms with Crippen molar-refractivity contribution in [3.63, 3.8) is 0 Å². The molecule has 22 atom stereocenters. The lowest BCUT2D eigenvalue weighted by Gasteiger charge is -2.54. The van der Waals surface area contributed by atoms with E-state index in [1.165, 1.54) is 86.8 Å². The number of hydrogen-bond acceptors (Lipinski definition) is 29. The molecule has 6 amide bonds. The Morgan fingerprint density at radius 2 is 1.30 bits per heavy atom. The molecule has 0 radical (unpaired) electrons. The third-order valence-electron chi connectivity index (χ3n) is 27.6. The predicted molar refractivity (Wildman–Crippen MR) is 472 cm³/mol. The van der Waals surface area contributed by atoms with E-state index in [1.807, 2.05) is 13.8 Å². The molecule has 5 aromatic rings. The van der Waals surface area contributed by atoms with Gasteiger partial charge in [0.05, 0.1) is 53.9 Å². The standard InChI is InChI=1S/C95H124ClN9O26/c1-9-10-11-12-13-14-23-101-93(122)126-56-36-60-75(64(108)37-56)59-30-49(17-21-63(59)107)58-39-66(110)76-53-33-69(125-55-19-15-48(16-20-55)83(129-73-40-94(6,98)86(116)44(4)123-73)79(105-89(58)119)91(121)103-77(60)67(111)38-57-51-26-46-25-47(28-51)29-52(57)27-46)84(131-92-85(82(115)81(114)71(42-106)128-92)130-74-41-95(7,99)87(117)45(5)124-74)70(34-53)127-68-22-18-50(31-61(68)96)80(113)78(104-90(120)62(100-8)24-43(2)3)65(109)32-54(35-72(97)112)88(118)102-76/h15-22,30-31,33-34,36-37,43-47,51-52,54,57-58,62,71,73-74,76-83,85-87,92,100,106-108,113-117H,9-14,23-29,32,35,38-42,98-99H2,1-8H3,(H2,97,112)(H,101,122)(H,102,118)(H,103,121)(H,104,120)(H,105,119)/t44?,45?,46?,47?,51?,52?,54-,57?,58+,62+,71?,73?,74?,76?,77-,78-,79-,80+,81?,82?,83+,85?,86?,87?,92?,94?,95?/m0/s1.